The van der Waals surface area contributed by atoms with E-state index >= 15 is 0 Å². The number of anilines is 1. The number of amides is 1. The maximum Gasteiger partial charge on any atom is 0.491 e. The van der Waals surface area contributed by atoms with Gasteiger partial charge in [-0.1, -0.05) is 6.07 Å². The number of nitro groups is 1. The molecule has 9 heteroatoms. The molecule has 0 bridgehead atoms. The molecule has 2 rings (SSSR count). The monoisotopic (exact) mass is 318 g/mol. The largest absolute Gasteiger partial charge is 0.491 e. The summed E-state index contributed by atoms with van der Waals surface area (Å²) in [7, 11) is -2.07. The van der Waals surface area contributed by atoms with Crippen molar-refractivity contribution < 1.29 is 24.2 Å². The first-order valence-corrected chi connectivity index (χ1v) is 6.51. The summed E-state index contributed by atoms with van der Waals surface area (Å²) < 4.78 is 13.4. The van der Waals surface area contributed by atoms with Crippen LogP contribution < -0.4 is 10.8 Å². The minimum absolute atomic E-state index is 0.0129. The van der Waals surface area contributed by atoms with E-state index < -0.39 is 29.2 Å². The van der Waals surface area contributed by atoms with Gasteiger partial charge < -0.3 is 15.4 Å². The molecule has 0 atom stereocenters. The van der Waals surface area contributed by atoms with Gasteiger partial charge in [0, 0.05) is 17.1 Å². The Morgan fingerprint density at radius 2 is 1.96 bits per heavy atom. The number of nitro benzene ring substituents is 1. The minimum atomic E-state index is -2.07. The van der Waals surface area contributed by atoms with E-state index in [1.165, 1.54) is 12.1 Å². The van der Waals surface area contributed by atoms with Crippen molar-refractivity contribution in [3.63, 3.8) is 0 Å². The predicted octanol–water partition coefficient (Wildman–Crippen LogP) is 0.974. The Hall–Kier alpha value is -2.78. The third-order valence-corrected chi connectivity index (χ3v) is 3.13. The third kappa shape index (κ3) is 3.71. The van der Waals surface area contributed by atoms with Crippen molar-refractivity contribution in [3.8, 4) is 0 Å². The summed E-state index contributed by atoms with van der Waals surface area (Å²) in [6, 6.07) is 7.30. The number of benzene rings is 2. The Kier molecular flexibility index (Phi) is 4.72. The van der Waals surface area contributed by atoms with Crippen LogP contribution in [0.2, 0.25) is 0 Å². The summed E-state index contributed by atoms with van der Waals surface area (Å²) in [5, 5.41) is 31.5. The summed E-state index contributed by atoms with van der Waals surface area (Å²) in [5.74, 6) is -1.61. The molecule has 7 nitrogen and oxygen atoms in total. The number of carbonyl (C=O) groups excluding carboxylic acids is 1. The number of hydrogen-bond donors (Lipinski definition) is 3. The van der Waals surface area contributed by atoms with Crippen LogP contribution in [0, 0.1) is 22.9 Å². The molecule has 118 valence electrons. The molecule has 0 radical (unpaired) electrons. The van der Waals surface area contributed by atoms with Gasteiger partial charge in [-0.15, -0.1) is 0 Å². The second kappa shape index (κ2) is 6.55. The molecule has 0 unspecified atom stereocenters. The van der Waals surface area contributed by atoms with Crippen molar-refractivity contribution in [2.45, 2.75) is 6.92 Å². The molecule has 0 saturated carbocycles. The first kappa shape index (κ1) is 16.6. The van der Waals surface area contributed by atoms with Gasteiger partial charge in [-0.05, 0) is 36.8 Å². The molecule has 0 heterocycles. The van der Waals surface area contributed by atoms with Crippen LogP contribution in [-0.4, -0.2) is 28.0 Å². The maximum atomic E-state index is 13.4. The average molecular weight is 318 g/mol. The Morgan fingerprint density at radius 1 is 1.26 bits per heavy atom. The lowest BCUT2D eigenvalue weighted by atomic mass is 9.79. The van der Waals surface area contributed by atoms with Crippen LogP contribution in [0.25, 0.3) is 0 Å². The SMILES string of the molecule is Cc1ccc(NC(=O)c2ccc(F)c(B(O)O)c2)c([N+](=O)[O-])c1. The topological polar surface area (TPSA) is 113 Å². The quantitative estimate of drug-likeness (QED) is 0.442. The maximum absolute atomic E-state index is 13.4. The number of nitrogens with one attached hydrogen (secondary N) is 1. The third-order valence-electron chi connectivity index (χ3n) is 3.13. The normalized spacial score (nSPS) is 10.3. The lowest BCUT2D eigenvalue weighted by Crippen LogP contribution is -2.33. The predicted molar refractivity (Wildman–Crippen MR) is 82.0 cm³/mol. The molecular weight excluding hydrogens is 306 g/mol. The fraction of sp³-hybridized carbons (Fsp3) is 0.0714. The van der Waals surface area contributed by atoms with Gasteiger partial charge in [0.25, 0.3) is 11.6 Å². The molecule has 0 aromatic heterocycles. The Labute approximate surface area is 130 Å². The molecule has 0 aliphatic rings. The number of carbonyl (C=O) groups is 1. The van der Waals surface area contributed by atoms with Crippen molar-refractivity contribution >= 4 is 29.9 Å². The molecule has 2 aromatic carbocycles. The molecule has 1 amide bonds. The lowest BCUT2D eigenvalue weighted by molar-refractivity contribution is -0.384. The first-order chi connectivity index (χ1) is 10.8. The first-order valence-electron chi connectivity index (χ1n) is 6.51. The fourth-order valence-corrected chi connectivity index (χ4v) is 1.98. The van der Waals surface area contributed by atoms with E-state index in [2.05, 4.69) is 5.32 Å². The average Bonchev–Trinajstić information content (AvgIpc) is 2.48. The van der Waals surface area contributed by atoms with E-state index in [1.807, 2.05) is 0 Å². The number of nitrogens with zero attached hydrogens (tertiary/aromatic N) is 1. The summed E-state index contributed by atoms with van der Waals surface area (Å²) >= 11 is 0. The van der Waals surface area contributed by atoms with Gasteiger partial charge >= 0.3 is 7.12 Å². The highest BCUT2D eigenvalue weighted by atomic mass is 19.1. The van der Waals surface area contributed by atoms with Crippen molar-refractivity contribution in [1.29, 1.82) is 0 Å². The van der Waals surface area contributed by atoms with Crippen LogP contribution in [0.4, 0.5) is 15.8 Å². The highest BCUT2D eigenvalue weighted by molar-refractivity contribution is 6.58. The van der Waals surface area contributed by atoms with Gasteiger partial charge in [0.15, 0.2) is 0 Å². The molecule has 3 N–H and O–H groups in total. The van der Waals surface area contributed by atoms with Gasteiger partial charge in [0.05, 0.1) is 4.92 Å². The zero-order valence-corrected chi connectivity index (χ0v) is 12.0. The summed E-state index contributed by atoms with van der Waals surface area (Å²) in [5.41, 5.74) is -0.161. The Balaban J connectivity index is 2.33. The van der Waals surface area contributed by atoms with Gasteiger partial charge in [-0.25, -0.2) is 4.39 Å². The van der Waals surface area contributed by atoms with Gasteiger partial charge in [0.1, 0.15) is 11.5 Å². The van der Waals surface area contributed by atoms with E-state index in [-0.39, 0.29) is 16.9 Å². The van der Waals surface area contributed by atoms with Crippen LogP contribution in [0.5, 0.6) is 0 Å². The van der Waals surface area contributed by atoms with Gasteiger partial charge in [0.2, 0.25) is 0 Å². The van der Waals surface area contributed by atoms with E-state index in [4.69, 9.17) is 10.0 Å². The molecule has 0 aliphatic carbocycles. The summed E-state index contributed by atoms with van der Waals surface area (Å²) in [6.07, 6.45) is 0. The van der Waals surface area contributed by atoms with E-state index in [1.54, 1.807) is 13.0 Å². The number of rotatable bonds is 4. The highest BCUT2D eigenvalue weighted by Crippen LogP contribution is 2.25. The standard InChI is InChI=1S/C14H12BFN2O5/c1-8-2-5-12(13(6-8)18(22)23)17-14(19)9-3-4-11(16)10(7-9)15(20)21/h2-7,20-21H,1H3,(H,17,19). The lowest BCUT2D eigenvalue weighted by Gasteiger charge is -2.08. The van der Waals surface area contributed by atoms with Crippen LogP contribution in [0.15, 0.2) is 36.4 Å². The summed E-state index contributed by atoms with van der Waals surface area (Å²) in [6.45, 7) is 1.67. The molecule has 2 aromatic rings. The van der Waals surface area contributed by atoms with Gasteiger partial charge in [-0.2, -0.15) is 0 Å². The van der Waals surface area contributed by atoms with Crippen molar-refractivity contribution in [2.24, 2.45) is 0 Å². The van der Waals surface area contributed by atoms with Crippen LogP contribution in [0.1, 0.15) is 15.9 Å². The smallest absolute Gasteiger partial charge is 0.423 e. The molecule has 0 spiro atoms. The van der Waals surface area contributed by atoms with Crippen LogP contribution in [-0.2, 0) is 0 Å². The van der Waals surface area contributed by atoms with Crippen LogP contribution >= 0.6 is 0 Å². The molecule has 0 fully saturated rings. The van der Waals surface area contributed by atoms with Crippen molar-refractivity contribution in [3.05, 3.63) is 63.5 Å². The van der Waals surface area contributed by atoms with Crippen LogP contribution in [0.3, 0.4) is 0 Å². The highest BCUT2D eigenvalue weighted by Gasteiger charge is 2.21. The van der Waals surface area contributed by atoms with Gasteiger partial charge in [-0.3, -0.25) is 14.9 Å². The number of hydrogen-bond acceptors (Lipinski definition) is 5. The molecule has 0 aliphatic heterocycles. The number of halogens is 1. The van der Waals surface area contributed by atoms with Crippen molar-refractivity contribution in [2.75, 3.05) is 5.32 Å². The van der Waals surface area contributed by atoms with E-state index in [9.17, 15) is 19.3 Å². The number of aryl methyl sites for hydroxylation is 1. The zero-order valence-electron chi connectivity index (χ0n) is 12.0. The zero-order chi connectivity index (χ0) is 17.1. The summed E-state index contributed by atoms with van der Waals surface area (Å²) in [4.78, 5) is 22.5. The van der Waals surface area contributed by atoms with E-state index in [0.717, 1.165) is 18.2 Å². The molecular formula is C14H12BFN2O5. The second-order valence-electron chi connectivity index (χ2n) is 4.84. The Bertz CT molecular complexity index is 782. The van der Waals surface area contributed by atoms with Crippen molar-refractivity contribution in [1.82, 2.24) is 0 Å². The molecule has 0 saturated heterocycles. The fourth-order valence-electron chi connectivity index (χ4n) is 1.98. The van der Waals surface area contributed by atoms with E-state index in [0.29, 0.717) is 5.56 Å². The second-order valence-corrected chi connectivity index (χ2v) is 4.84. The Morgan fingerprint density at radius 3 is 2.57 bits per heavy atom. The molecule has 23 heavy (non-hydrogen) atoms. The minimum Gasteiger partial charge on any atom is -0.423 e.